The first-order valence-electron chi connectivity index (χ1n) is 8.95. The average molecular weight is 333 g/mol. The predicted octanol–water partition coefficient (Wildman–Crippen LogP) is 4.43. The first kappa shape index (κ1) is 16.1. The second-order valence-electron chi connectivity index (χ2n) is 6.86. The third-order valence-electron chi connectivity index (χ3n) is 5.46. The standard InChI is InChI=1S/C22H23NO2/c1-2-9-18-14-15-22(19-12-7-4-8-13-19)23(21(18)24)20(16-25-22)17-10-5-3-6-11-17/h2-8,10-13,18,20H,1,9,14-16H2/t18-,20+,22-/m1/s1. The van der Waals surface area contributed by atoms with E-state index in [-0.39, 0.29) is 17.9 Å². The van der Waals surface area contributed by atoms with Crippen molar-refractivity contribution in [2.75, 3.05) is 6.61 Å². The van der Waals surface area contributed by atoms with Gasteiger partial charge in [0, 0.05) is 17.9 Å². The summed E-state index contributed by atoms with van der Waals surface area (Å²) in [5.41, 5.74) is 1.56. The van der Waals surface area contributed by atoms with Gasteiger partial charge in [-0.3, -0.25) is 4.79 Å². The van der Waals surface area contributed by atoms with Gasteiger partial charge in [0.25, 0.3) is 0 Å². The zero-order chi connectivity index (χ0) is 17.3. The van der Waals surface area contributed by atoms with Crippen LogP contribution in [0.4, 0.5) is 0 Å². The number of amides is 1. The second kappa shape index (κ2) is 6.49. The molecule has 128 valence electrons. The van der Waals surface area contributed by atoms with Crippen LogP contribution in [0, 0.1) is 5.92 Å². The van der Waals surface area contributed by atoms with E-state index < -0.39 is 5.72 Å². The lowest BCUT2D eigenvalue weighted by Crippen LogP contribution is -2.53. The minimum absolute atomic E-state index is 0.00208. The monoisotopic (exact) mass is 333 g/mol. The van der Waals surface area contributed by atoms with Crippen molar-refractivity contribution in [1.29, 1.82) is 0 Å². The van der Waals surface area contributed by atoms with Crippen LogP contribution in [0.1, 0.15) is 36.4 Å². The number of carbonyl (C=O) groups excluding carboxylic acids is 1. The van der Waals surface area contributed by atoms with Crippen LogP contribution < -0.4 is 0 Å². The number of rotatable bonds is 4. The van der Waals surface area contributed by atoms with Crippen LogP contribution in [0.2, 0.25) is 0 Å². The van der Waals surface area contributed by atoms with Gasteiger partial charge in [-0.2, -0.15) is 0 Å². The Labute approximate surface area is 148 Å². The minimum atomic E-state index is -0.642. The molecule has 0 bridgehead atoms. The van der Waals surface area contributed by atoms with Crippen molar-refractivity contribution in [3.63, 3.8) is 0 Å². The summed E-state index contributed by atoms with van der Waals surface area (Å²) >= 11 is 0. The Kier molecular flexibility index (Phi) is 4.18. The summed E-state index contributed by atoms with van der Waals surface area (Å²) < 4.78 is 6.37. The molecule has 3 nitrogen and oxygen atoms in total. The summed E-state index contributed by atoms with van der Waals surface area (Å²) in [7, 11) is 0. The van der Waals surface area contributed by atoms with E-state index in [0.29, 0.717) is 6.61 Å². The predicted molar refractivity (Wildman–Crippen MR) is 97.6 cm³/mol. The smallest absolute Gasteiger partial charge is 0.229 e. The van der Waals surface area contributed by atoms with Crippen LogP contribution in [0.3, 0.4) is 0 Å². The fourth-order valence-electron chi connectivity index (χ4n) is 4.23. The Morgan fingerprint density at radius 1 is 1.12 bits per heavy atom. The molecule has 0 aromatic heterocycles. The first-order valence-corrected chi connectivity index (χ1v) is 8.95. The van der Waals surface area contributed by atoms with E-state index in [0.717, 1.165) is 30.4 Å². The highest BCUT2D eigenvalue weighted by Gasteiger charge is 2.55. The highest BCUT2D eigenvalue weighted by atomic mass is 16.5. The number of fused-ring (bicyclic) bond motifs is 1. The van der Waals surface area contributed by atoms with Gasteiger partial charge in [0.15, 0.2) is 5.72 Å². The number of nitrogens with zero attached hydrogens (tertiary/aromatic N) is 1. The molecular weight excluding hydrogens is 310 g/mol. The fourth-order valence-corrected chi connectivity index (χ4v) is 4.23. The largest absolute Gasteiger partial charge is 0.349 e. The molecule has 2 aliphatic heterocycles. The summed E-state index contributed by atoms with van der Waals surface area (Å²) in [4.78, 5) is 15.4. The van der Waals surface area contributed by atoms with Crippen molar-refractivity contribution in [3.05, 3.63) is 84.4 Å². The summed E-state index contributed by atoms with van der Waals surface area (Å²) in [5.74, 6) is 0.184. The van der Waals surface area contributed by atoms with Crippen LogP contribution >= 0.6 is 0 Å². The number of piperidine rings is 1. The molecule has 3 atom stereocenters. The molecule has 25 heavy (non-hydrogen) atoms. The summed E-state index contributed by atoms with van der Waals surface area (Å²) in [6.07, 6.45) is 4.23. The van der Waals surface area contributed by atoms with Gasteiger partial charge in [0.05, 0.1) is 12.6 Å². The molecule has 2 aromatic rings. The van der Waals surface area contributed by atoms with Crippen LogP contribution in [0.25, 0.3) is 0 Å². The number of benzene rings is 2. The molecule has 0 radical (unpaired) electrons. The van der Waals surface area contributed by atoms with Crippen molar-refractivity contribution in [3.8, 4) is 0 Å². The van der Waals surface area contributed by atoms with Crippen molar-refractivity contribution < 1.29 is 9.53 Å². The maximum atomic E-state index is 13.4. The van der Waals surface area contributed by atoms with Crippen molar-refractivity contribution in [1.82, 2.24) is 4.90 Å². The quantitative estimate of drug-likeness (QED) is 0.775. The van der Waals surface area contributed by atoms with Crippen LogP contribution in [-0.4, -0.2) is 17.4 Å². The number of ether oxygens (including phenoxy) is 1. The van der Waals surface area contributed by atoms with Crippen molar-refractivity contribution >= 4 is 5.91 Å². The molecule has 3 heteroatoms. The van der Waals surface area contributed by atoms with Crippen LogP contribution in [0.15, 0.2) is 73.3 Å². The Hall–Kier alpha value is -2.39. The van der Waals surface area contributed by atoms with E-state index in [1.807, 2.05) is 47.4 Å². The number of hydrogen-bond acceptors (Lipinski definition) is 2. The fraction of sp³-hybridized carbons (Fsp3) is 0.318. The highest BCUT2D eigenvalue weighted by molar-refractivity contribution is 5.81. The molecule has 2 heterocycles. The third-order valence-corrected chi connectivity index (χ3v) is 5.46. The number of carbonyl (C=O) groups is 1. The SMILES string of the molecule is C=CC[C@@H]1CC[C@]2(c3ccccc3)OC[C@@H](c3ccccc3)N2C1=O. The van der Waals surface area contributed by atoms with Gasteiger partial charge in [0.2, 0.25) is 5.91 Å². The van der Waals surface area contributed by atoms with Crippen molar-refractivity contribution in [2.24, 2.45) is 5.92 Å². The average Bonchev–Trinajstić information content (AvgIpc) is 3.07. The van der Waals surface area contributed by atoms with Gasteiger partial charge in [-0.25, -0.2) is 0 Å². The molecule has 2 fully saturated rings. The van der Waals surface area contributed by atoms with E-state index >= 15 is 0 Å². The van der Waals surface area contributed by atoms with E-state index in [1.165, 1.54) is 0 Å². The van der Waals surface area contributed by atoms with E-state index in [1.54, 1.807) is 0 Å². The van der Waals surface area contributed by atoms with Crippen LogP contribution in [0.5, 0.6) is 0 Å². The van der Waals surface area contributed by atoms with E-state index in [2.05, 4.69) is 30.8 Å². The molecule has 2 aliphatic rings. The lowest BCUT2D eigenvalue weighted by atomic mass is 9.83. The molecular formula is C22H23NO2. The van der Waals surface area contributed by atoms with Crippen molar-refractivity contribution in [2.45, 2.75) is 31.0 Å². The van der Waals surface area contributed by atoms with E-state index in [4.69, 9.17) is 4.74 Å². The normalized spacial score (nSPS) is 28.6. The zero-order valence-corrected chi connectivity index (χ0v) is 14.3. The highest BCUT2D eigenvalue weighted by Crippen LogP contribution is 2.51. The van der Waals surface area contributed by atoms with Gasteiger partial charge < -0.3 is 9.64 Å². The Bertz CT molecular complexity index is 758. The number of hydrogen-bond donors (Lipinski definition) is 0. The molecule has 4 rings (SSSR count). The van der Waals surface area contributed by atoms with Crippen LogP contribution in [-0.2, 0) is 15.3 Å². The summed E-state index contributed by atoms with van der Waals surface area (Å²) in [6.45, 7) is 4.36. The van der Waals surface area contributed by atoms with Gasteiger partial charge in [-0.1, -0.05) is 66.7 Å². The van der Waals surface area contributed by atoms with Gasteiger partial charge in [-0.15, -0.1) is 6.58 Å². The molecule has 1 amide bonds. The lowest BCUT2D eigenvalue weighted by molar-refractivity contribution is -0.170. The zero-order valence-electron chi connectivity index (χ0n) is 14.3. The molecule has 0 aliphatic carbocycles. The van der Waals surface area contributed by atoms with Gasteiger partial charge >= 0.3 is 0 Å². The molecule has 2 saturated heterocycles. The first-order chi connectivity index (χ1) is 12.3. The van der Waals surface area contributed by atoms with Gasteiger partial charge in [-0.05, 0) is 18.4 Å². The van der Waals surface area contributed by atoms with E-state index in [9.17, 15) is 4.79 Å². The molecule has 0 N–H and O–H groups in total. The lowest BCUT2D eigenvalue weighted by Gasteiger charge is -2.45. The Morgan fingerprint density at radius 2 is 1.80 bits per heavy atom. The Morgan fingerprint density at radius 3 is 2.48 bits per heavy atom. The molecule has 2 aromatic carbocycles. The molecule has 0 saturated carbocycles. The summed E-state index contributed by atoms with van der Waals surface area (Å²) in [5, 5.41) is 0. The number of allylic oxidation sites excluding steroid dienone is 1. The molecule has 0 spiro atoms. The summed E-state index contributed by atoms with van der Waals surface area (Å²) in [6, 6.07) is 20.3. The maximum absolute atomic E-state index is 13.4. The Balaban J connectivity index is 1.79. The molecule has 0 unspecified atom stereocenters. The van der Waals surface area contributed by atoms with Gasteiger partial charge in [0.1, 0.15) is 0 Å². The second-order valence-corrected chi connectivity index (χ2v) is 6.86. The third kappa shape index (κ3) is 2.59. The minimum Gasteiger partial charge on any atom is -0.349 e. The topological polar surface area (TPSA) is 29.5 Å². The maximum Gasteiger partial charge on any atom is 0.229 e.